The van der Waals surface area contributed by atoms with Crippen molar-refractivity contribution in [3.8, 4) is 0 Å². The number of hydrogen-bond acceptors (Lipinski definition) is 7. The number of rotatable bonds is 5. The molecule has 13 heteroatoms. The first-order chi connectivity index (χ1) is 17.2. The average Bonchev–Trinajstić information content (AvgIpc) is 3.27. The van der Waals surface area contributed by atoms with Crippen LogP contribution in [0.15, 0.2) is 34.5 Å². The lowest BCUT2D eigenvalue weighted by atomic mass is 9.81. The lowest BCUT2D eigenvalue weighted by Crippen LogP contribution is -2.55. The van der Waals surface area contributed by atoms with Gasteiger partial charge in [-0.15, -0.1) is 28.9 Å². The number of amides is 4. The van der Waals surface area contributed by atoms with Gasteiger partial charge in [0.2, 0.25) is 5.91 Å². The van der Waals surface area contributed by atoms with E-state index >= 15 is 0 Å². The Kier molecular flexibility index (Phi) is 10.00. The van der Waals surface area contributed by atoms with Crippen molar-refractivity contribution in [1.82, 2.24) is 25.4 Å². The smallest absolute Gasteiger partial charge is 0.349 e. The number of nitrogens with zero attached hydrogens (tertiary/aromatic N) is 5. The average molecular weight is 569 g/mol. The van der Waals surface area contributed by atoms with Gasteiger partial charge in [-0.1, -0.05) is 16.7 Å². The van der Waals surface area contributed by atoms with E-state index in [1.165, 1.54) is 11.3 Å². The SMILES string of the molecule is CN1CCc2nc(C(=O)N[C@@H]3C[C@@H](C(=O)N(C)C)CC[C@@H]3NC(=O)N=Nc3ccc(Cl)cc3)sc2C1.Cl. The molecule has 0 bridgehead atoms. The maximum absolute atomic E-state index is 13.2. The van der Waals surface area contributed by atoms with Crippen molar-refractivity contribution in [3.05, 3.63) is 44.9 Å². The molecule has 1 aliphatic heterocycles. The monoisotopic (exact) mass is 567 g/mol. The molecule has 1 aromatic heterocycles. The fourth-order valence-corrected chi connectivity index (χ4v) is 5.76. The summed E-state index contributed by atoms with van der Waals surface area (Å²) in [4.78, 5) is 47.8. The minimum Gasteiger partial charge on any atom is -0.349 e. The van der Waals surface area contributed by atoms with Crippen molar-refractivity contribution in [2.75, 3.05) is 27.7 Å². The van der Waals surface area contributed by atoms with E-state index < -0.39 is 18.1 Å². The Morgan fingerprint density at radius 2 is 1.86 bits per heavy atom. The first-order valence-corrected chi connectivity index (χ1v) is 13.1. The van der Waals surface area contributed by atoms with E-state index in [4.69, 9.17) is 11.6 Å². The molecule has 10 nitrogen and oxygen atoms in total. The molecule has 0 spiro atoms. The van der Waals surface area contributed by atoms with Gasteiger partial charge in [0, 0.05) is 49.4 Å². The Morgan fingerprint density at radius 1 is 1.14 bits per heavy atom. The zero-order valence-corrected chi connectivity index (χ0v) is 23.3. The van der Waals surface area contributed by atoms with Crippen LogP contribution in [0.4, 0.5) is 10.5 Å². The molecule has 3 atom stereocenters. The highest BCUT2D eigenvalue weighted by Gasteiger charge is 2.37. The molecule has 2 heterocycles. The molecule has 200 valence electrons. The van der Waals surface area contributed by atoms with Crippen molar-refractivity contribution in [1.29, 1.82) is 0 Å². The predicted octanol–water partition coefficient (Wildman–Crippen LogP) is 4.06. The van der Waals surface area contributed by atoms with Crippen LogP contribution in [0.25, 0.3) is 0 Å². The van der Waals surface area contributed by atoms with Gasteiger partial charge in [-0.2, -0.15) is 0 Å². The topological polar surface area (TPSA) is 119 Å². The standard InChI is InChI=1S/C24H30ClN7O3S.ClH/c1-31(2)23(34)14-4-9-17(28-24(35)30-29-16-7-5-15(25)6-8-16)19(12-14)26-21(33)22-27-18-10-11-32(3)13-20(18)36-22;/h5-8,14,17,19H,4,9-13H2,1-3H3,(H,26,33)(H,28,35);1H/t14-,17-,19+;/m0./s1. The number of urea groups is 1. The number of thiazole rings is 1. The molecule has 1 fully saturated rings. The minimum atomic E-state index is -0.612. The van der Waals surface area contributed by atoms with Gasteiger partial charge in [0.15, 0.2) is 5.01 Å². The van der Waals surface area contributed by atoms with Crippen molar-refractivity contribution in [3.63, 3.8) is 0 Å². The van der Waals surface area contributed by atoms with Gasteiger partial charge in [-0.05, 0) is 50.6 Å². The van der Waals surface area contributed by atoms with Gasteiger partial charge >= 0.3 is 6.03 Å². The quantitative estimate of drug-likeness (QED) is 0.528. The number of carbonyl (C=O) groups excluding carboxylic acids is 3. The molecule has 1 saturated carbocycles. The van der Waals surface area contributed by atoms with E-state index in [0.29, 0.717) is 35.0 Å². The zero-order chi connectivity index (χ0) is 25.8. The number of fused-ring (bicyclic) bond motifs is 1. The van der Waals surface area contributed by atoms with Crippen molar-refractivity contribution in [2.45, 2.75) is 44.3 Å². The van der Waals surface area contributed by atoms with Crippen LogP contribution in [-0.4, -0.2) is 72.4 Å². The molecule has 2 aromatic rings. The van der Waals surface area contributed by atoms with Crippen molar-refractivity contribution < 1.29 is 14.4 Å². The molecule has 0 radical (unpaired) electrons. The lowest BCUT2D eigenvalue weighted by molar-refractivity contribution is -0.134. The highest BCUT2D eigenvalue weighted by atomic mass is 35.5. The maximum atomic E-state index is 13.2. The molecule has 1 aliphatic carbocycles. The van der Waals surface area contributed by atoms with E-state index in [2.05, 4.69) is 30.7 Å². The number of benzene rings is 1. The lowest BCUT2D eigenvalue weighted by Gasteiger charge is -2.36. The summed E-state index contributed by atoms with van der Waals surface area (Å²) in [6, 6.07) is 5.20. The van der Waals surface area contributed by atoms with Crippen LogP contribution in [0.1, 0.15) is 39.6 Å². The van der Waals surface area contributed by atoms with Gasteiger partial charge in [0.25, 0.3) is 5.91 Å². The van der Waals surface area contributed by atoms with Gasteiger partial charge in [-0.3, -0.25) is 9.59 Å². The normalized spacial score (nSPS) is 21.6. The van der Waals surface area contributed by atoms with E-state index in [9.17, 15) is 14.4 Å². The summed E-state index contributed by atoms with van der Waals surface area (Å²) < 4.78 is 0. The summed E-state index contributed by atoms with van der Waals surface area (Å²) in [5.74, 6) is -0.524. The largest absolute Gasteiger partial charge is 0.359 e. The summed E-state index contributed by atoms with van der Waals surface area (Å²) in [5.41, 5.74) is 1.47. The Balaban J connectivity index is 0.00000380. The number of carbonyl (C=O) groups is 3. The van der Waals surface area contributed by atoms with E-state index in [-0.39, 0.29) is 30.1 Å². The third kappa shape index (κ3) is 7.47. The Hall–Kier alpha value is -2.60. The van der Waals surface area contributed by atoms with E-state index in [0.717, 1.165) is 30.1 Å². The van der Waals surface area contributed by atoms with Crippen LogP contribution in [0.5, 0.6) is 0 Å². The number of nitrogens with one attached hydrogen (secondary N) is 2. The van der Waals surface area contributed by atoms with Gasteiger partial charge in [0.1, 0.15) is 0 Å². The van der Waals surface area contributed by atoms with Crippen LogP contribution < -0.4 is 10.6 Å². The van der Waals surface area contributed by atoms with Gasteiger partial charge in [-0.25, -0.2) is 9.78 Å². The predicted molar refractivity (Wildman–Crippen MR) is 145 cm³/mol. The third-order valence-corrected chi connectivity index (χ3v) is 7.80. The molecule has 2 aliphatic rings. The Morgan fingerprint density at radius 3 is 2.57 bits per heavy atom. The summed E-state index contributed by atoms with van der Waals surface area (Å²) >= 11 is 7.27. The second kappa shape index (κ2) is 12.8. The number of hydrogen-bond donors (Lipinski definition) is 2. The van der Waals surface area contributed by atoms with Crippen LogP contribution in [0, 0.1) is 5.92 Å². The molecule has 2 N–H and O–H groups in total. The summed E-state index contributed by atoms with van der Waals surface area (Å²) in [5, 5.41) is 14.6. The van der Waals surface area contributed by atoms with Crippen LogP contribution >= 0.6 is 35.3 Å². The van der Waals surface area contributed by atoms with Gasteiger partial charge < -0.3 is 20.4 Å². The second-order valence-corrected chi connectivity index (χ2v) is 11.0. The number of aromatic nitrogens is 1. The number of halogens is 2. The van der Waals surface area contributed by atoms with E-state index in [1.54, 1.807) is 43.3 Å². The fraction of sp³-hybridized carbons (Fsp3) is 0.500. The third-order valence-electron chi connectivity index (χ3n) is 6.46. The van der Waals surface area contributed by atoms with Crippen molar-refractivity contribution in [2.24, 2.45) is 16.1 Å². The van der Waals surface area contributed by atoms with Gasteiger partial charge in [0.05, 0.1) is 23.5 Å². The molecule has 1 aromatic carbocycles. The first kappa shape index (κ1) is 29.0. The molecule has 4 amide bonds. The molecular weight excluding hydrogens is 537 g/mol. The highest BCUT2D eigenvalue weighted by molar-refractivity contribution is 7.13. The summed E-state index contributed by atoms with van der Waals surface area (Å²) in [7, 11) is 5.49. The van der Waals surface area contributed by atoms with Crippen molar-refractivity contribution >= 4 is 58.9 Å². The first-order valence-electron chi connectivity index (χ1n) is 11.9. The van der Waals surface area contributed by atoms with Crippen LogP contribution in [0.2, 0.25) is 5.02 Å². The molecule has 4 rings (SSSR count). The molecule has 37 heavy (non-hydrogen) atoms. The van der Waals surface area contributed by atoms with E-state index in [1.807, 2.05) is 7.05 Å². The number of likely N-dealkylation sites (N-methyl/N-ethyl adjacent to an activating group) is 1. The molecule has 0 unspecified atom stereocenters. The summed E-state index contributed by atoms with van der Waals surface area (Å²) in [6.45, 7) is 1.69. The highest BCUT2D eigenvalue weighted by Crippen LogP contribution is 2.28. The second-order valence-electron chi connectivity index (χ2n) is 9.43. The minimum absolute atomic E-state index is 0. The van der Waals surface area contributed by atoms with Crippen LogP contribution in [0.3, 0.4) is 0 Å². The Bertz CT molecular complexity index is 1160. The maximum Gasteiger partial charge on any atom is 0.359 e. The number of azo groups is 1. The fourth-order valence-electron chi connectivity index (χ4n) is 4.54. The molecule has 0 saturated heterocycles. The van der Waals surface area contributed by atoms with Crippen LogP contribution in [-0.2, 0) is 17.8 Å². The Labute approximate surface area is 231 Å². The zero-order valence-electron chi connectivity index (χ0n) is 20.9. The molecular formula is C24H31Cl2N7O3S. The summed E-state index contributed by atoms with van der Waals surface area (Å²) in [6.07, 6.45) is 2.35.